The Labute approximate surface area is 109 Å². The average molecular weight is 272 g/mol. The van der Waals surface area contributed by atoms with E-state index in [1.807, 2.05) is 6.07 Å². The molecular weight excluding hydrogens is 261 g/mol. The summed E-state index contributed by atoms with van der Waals surface area (Å²) in [7, 11) is 0. The molecule has 5 heteroatoms. The number of halogens is 2. The molecule has 17 heavy (non-hydrogen) atoms. The first-order chi connectivity index (χ1) is 8.16. The molecule has 1 unspecified atom stereocenters. The molecule has 1 saturated carbocycles. The van der Waals surface area contributed by atoms with Crippen molar-refractivity contribution in [2.24, 2.45) is 5.92 Å². The molecule has 1 aliphatic carbocycles. The number of hydrogen-bond donors (Lipinski definition) is 1. The molecule has 1 N–H and O–H groups in total. The molecule has 0 saturated heterocycles. The first kappa shape index (κ1) is 11.2. The van der Waals surface area contributed by atoms with Crippen molar-refractivity contribution in [3.8, 4) is 5.75 Å². The lowest BCUT2D eigenvalue weighted by molar-refractivity contribution is -0.123. The lowest BCUT2D eigenvalue weighted by atomic mass is 10.1. The predicted octanol–water partition coefficient (Wildman–Crippen LogP) is 2.95. The summed E-state index contributed by atoms with van der Waals surface area (Å²) in [6, 6.07) is 3.48. The van der Waals surface area contributed by atoms with Crippen LogP contribution in [0.5, 0.6) is 5.75 Å². The van der Waals surface area contributed by atoms with Gasteiger partial charge in [-0.3, -0.25) is 4.79 Å². The first-order valence-electron chi connectivity index (χ1n) is 5.58. The smallest absolute Gasteiger partial charge is 0.223 e. The zero-order valence-electron chi connectivity index (χ0n) is 9.00. The maximum absolute atomic E-state index is 11.7. The molecule has 90 valence electrons. The third-order valence-electron chi connectivity index (χ3n) is 3.11. The molecule has 0 aromatic heterocycles. The van der Waals surface area contributed by atoms with E-state index in [1.165, 1.54) is 0 Å². The van der Waals surface area contributed by atoms with Crippen LogP contribution in [-0.4, -0.2) is 12.5 Å². The summed E-state index contributed by atoms with van der Waals surface area (Å²) >= 11 is 12.0. The monoisotopic (exact) mass is 271 g/mol. The van der Waals surface area contributed by atoms with Gasteiger partial charge in [0.05, 0.1) is 11.1 Å². The molecule has 2 aliphatic rings. The van der Waals surface area contributed by atoms with Crippen molar-refractivity contribution in [2.45, 2.75) is 18.9 Å². The number of fused-ring (bicyclic) bond motifs is 1. The first-order valence-corrected chi connectivity index (χ1v) is 6.33. The predicted molar refractivity (Wildman–Crippen MR) is 65.6 cm³/mol. The maximum atomic E-state index is 11.7. The van der Waals surface area contributed by atoms with Gasteiger partial charge in [-0.1, -0.05) is 29.3 Å². The number of nitrogens with one attached hydrogen (secondary N) is 1. The van der Waals surface area contributed by atoms with Crippen molar-refractivity contribution in [1.82, 2.24) is 5.32 Å². The Morgan fingerprint density at radius 2 is 2.12 bits per heavy atom. The maximum Gasteiger partial charge on any atom is 0.223 e. The van der Waals surface area contributed by atoms with Crippen LogP contribution >= 0.6 is 23.2 Å². The highest BCUT2D eigenvalue weighted by Gasteiger charge is 2.34. The molecule has 1 aromatic carbocycles. The Bertz CT molecular complexity index is 486. The second kappa shape index (κ2) is 4.07. The minimum Gasteiger partial charge on any atom is -0.489 e. The lowest BCUT2D eigenvalue weighted by Gasteiger charge is -2.11. The van der Waals surface area contributed by atoms with E-state index in [-0.39, 0.29) is 17.9 Å². The van der Waals surface area contributed by atoms with E-state index in [9.17, 15) is 4.79 Å². The molecule has 1 atom stereocenters. The van der Waals surface area contributed by atoms with Crippen molar-refractivity contribution in [3.05, 3.63) is 27.7 Å². The van der Waals surface area contributed by atoms with Crippen molar-refractivity contribution >= 4 is 29.1 Å². The number of ether oxygens (including phenoxy) is 1. The van der Waals surface area contributed by atoms with Crippen LogP contribution in [0.3, 0.4) is 0 Å². The molecule has 0 radical (unpaired) electrons. The van der Waals surface area contributed by atoms with Crippen molar-refractivity contribution < 1.29 is 9.53 Å². The van der Waals surface area contributed by atoms with Crippen molar-refractivity contribution in [2.75, 3.05) is 6.61 Å². The zero-order chi connectivity index (χ0) is 12.0. The minimum absolute atomic E-state index is 0.104. The van der Waals surface area contributed by atoms with Crippen LogP contribution in [0, 0.1) is 5.92 Å². The number of hydrogen-bond acceptors (Lipinski definition) is 2. The van der Waals surface area contributed by atoms with Crippen molar-refractivity contribution in [1.29, 1.82) is 0 Å². The second-order valence-electron chi connectivity index (χ2n) is 4.43. The zero-order valence-corrected chi connectivity index (χ0v) is 10.5. The highest BCUT2D eigenvalue weighted by Crippen LogP contribution is 2.42. The van der Waals surface area contributed by atoms with Gasteiger partial charge in [0.2, 0.25) is 5.91 Å². The van der Waals surface area contributed by atoms with Gasteiger partial charge in [0.15, 0.2) is 0 Å². The number of carbonyl (C=O) groups is 1. The summed E-state index contributed by atoms with van der Waals surface area (Å²) < 4.78 is 5.49. The van der Waals surface area contributed by atoms with Crippen LogP contribution in [0.4, 0.5) is 0 Å². The van der Waals surface area contributed by atoms with Crippen LogP contribution < -0.4 is 10.1 Å². The molecule has 0 bridgehead atoms. The Balaban J connectivity index is 1.83. The topological polar surface area (TPSA) is 38.3 Å². The number of benzene rings is 1. The van der Waals surface area contributed by atoms with Gasteiger partial charge in [0, 0.05) is 11.5 Å². The average Bonchev–Trinajstić information content (AvgIpc) is 3.08. The molecule has 1 amide bonds. The summed E-state index contributed by atoms with van der Waals surface area (Å²) in [4.78, 5) is 11.7. The highest BCUT2D eigenvalue weighted by molar-refractivity contribution is 6.43. The summed E-state index contributed by atoms with van der Waals surface area (Å²) in [5.74, 6) is 0.902. The van der Waals surface area contributed by atoms with Crippen LogP contribution in [0.25, 0.3) is 0 Å². The summed E-state index contributed by atoms with van der Waals surface area (Å²) in [6.07, 6.45) is 1.99. The van der Waals surface area contributed by atoms with Crippen LogP contribution in [-0.2, 0) is 4.79 Å². The quantitative estimate of drug-likeness (QED) is 0.898. The number of amides is 1. The Kier molecular flexibility index (Phi) is 2.68. The summed E-state index contributed by atoms with van der Waals surface area (Å²) in [5.41, 5.74) is 0.911. The molecule has 1 aliphatic heterocycles. The highest BCUT2D eigenvalue weighted by atomic mass is 35.5. The Hall–Kier alpha value is -0.930. The van der Waals surface area contributed by atoms with Crippen LogP contribution in [0.15, 0.2) is 12.1 Å². The van der Waals surface area contributed by atoms with Gasteiger partial charge in [0.25, 0.3) is 0 Å². The van der Waals surface area contributed by atoms with E-state index in [2.05, 4.69) is 5.32 Å². The third kappa shape index (κ3) is 1.98. The molecule has 1 heterocycles. The fourth-order valence-corrected chi connectivity index (χ4v) is 2.35. The van der Waals surface area contributed by atoms with Gasteiger partial charge in [0.1, 0.15) is 17.4 Å². The van der Waals surface area contributed by atoms with Gasteiger partial charge in [-0.15, -0.1) is 0 Å². The Morgan fingerprint density at radius 1 is 1.35 bits per heavy atom. The van der Waals surface area contributed by atoms with Crippen LogP contribution in [0.1, 0.15) is 24.4 Å². The molecule has 3 rings (SSSR count). The van der Waals surface area contributed by atoms with E-state index in [0.29, 0.717) is 22.4 Å². The van der Waals surface area contributed by atoms with Gasteiger partial charge in [-0.25, -0.2) is 0 Å². The largest absolute Gasteiger partial charge is 0.489 e. The van der Waals surface area contributed by atoms with Crippen LogP contribution in [0.2, 0.25) is 10.0 Å². The van der Waals surface area contributed by atoms with E-state index in [1.54, 1.807) is 6.07 Å². The summed E-state index contributed by atoms with van der Waals surface area (Å²) in [5, 5.41) is 3.87. The molecule has 1 aromatic rings. The van der Waals surface area contributed by atoms with Gasteiger partial charge in [-0.2, -0.15) is 0 Å². The van der Waals surface area contributed by atoms with Gasteiger partial charge < -0.3 is 10.1 Å². The van der Waals surface area contributed by atoms with E-state index >= 15 is 0 Å². The molecule has 1 fully saturated rings. The normalized spacial score (nSPS) is 21.9. The van der Waals surface area contributed by atoms with Crippen molar-refractivity contribution in [3.63, 3.8) is 0 Å². The molecule has 3 nitrogen and oxygen atoms in total. The molecule has 0 spiro atoms. The Morgan fingerprint density at radius 3 is 2.82 bits per heavy atom. The standard InChI is InChI=1S/C12H11Cl2NO2/c13-8-4-3-7-9(5-17-11(7)10(8)14)15-12(16)6-1-2-6/h3-4,6,9H,1-2,5H2,(H,15,16). The van der Waals surface area contributed by atoms with E-state index in [4.69, 9.17) is 27.9 Å². The number of carbonyl (C=O) groups excluding carboxylic acids is 1. The van der Waals surface area contributed by atoms with Gasteiger partial charge in [-0.05, 0) is 18.9 Å². The third-order valence-corrected chi connectivity index (χ3v) is 3.90. The summed E-state index contributed by atoms with van der Waals surface area (Å²) in [6.45, 7) is 0.424. The fourth-order valence-electron chi connectivity index (χ4n) is 1.98. The van der Waals surface area contributed by atoms with E-state index in [0.717, 1.165) is 18.4 Å². The fraction of sp³-hybridized carbons (Fsp3) is 0.417. The SMILES string of the molecule is O=C(NC1COc2c1ccc(Cl)c2Cl)C1CC1. The lowest BCUT2D eigenvalue weighted by Crippen LogP contribution is -2.30. The van der Waals surface area contributed by atoms with E-state index < -0.39 is 0 Å². The second-order valence-corrected chi connectivity index (χ2v) is 5.21. The van der Waals surface area contributed by atoms with Gasteiger partial charge >= 0.3 is 0 Å². The number of rotatable bonds is 2. The minimum atomic E-state index is -0.104. The molecular formula is C12H11Cl2NO2.